The third-order valence-corrected chi connectivity index (χ3v) is 6.98. The number of pyridine rings is 1. The SMILES string of the molecule is C[n+]1cc(/C=C/C2=CC(=C3C(=O)c4ccccc4C3=O)C=C(C(C)(C)C)O2)cc2ccccc21.O=S(=O)([O-])C(F)(F)F. The van der Waals surface area contributed by atoms with Gasteiger partial charge in [0.1, 0.15) is 18.6 Å². The number of ether oxygens (including phenoxy) is 1. The van der Waals surface area contributed by atoms with E-state index in [0.717, 1.165) is 16.5 Å². The molecule has 7 nitrogen and oxygen atoms in total. The van der Waals surface area contributed by atoms with Crippen molar-refractivity contribution in [1.29, 1.82) is 0 Å². The predicted molar refractivity (Wildman–Crippen MR) is 149 cm³/mol. The van der Waals surface area contributed by atoms with Gasteiger partial charge in [-0.15, -0.1) is 0 Å². The van der Waals surface area contributed by atoms with Gasteiger partial charge in [0.2, 0.25) is 5.52 Å². The smallest absolute Gasteiger partial charge is 0.485 e. The lowest BCUT2D eigenvalue weighted by molar-refractivity contribution is -0.645. The zero-order chi connectivity index (χ0) is 31.0. The largest absolute Gasteiger partial charge is 0.741 e. The molecule has 1 aliphatic heterocycles. The van der Waals surface area contributed by atoms with Crippen LogP contribution in [0.15, 0.2) is 102 Å². The minimum atomic E-state index is -6.09. The molecule has 0 radical (unpaired) electrons. The predicted octanol–water partition coefficient (Wildman–Crippen LogP) is 5.95. The molecule has 2 aromatic carbocycles. The Bertz CT molecular complexity index is 1810. The van der Waals surface area contributed by atoms with E-state index in [9.17, 15) is 22.8 Å². The fourth-order valence-electron chi connectivity index (χ4n) is 4.34. The Morgan fingerprint density at radius 3 is 1.98 bits per heavy atom. The number of allylic oxidation sites excluding steroid dienone is 6. The number of alkyl halides is 3. The number of rotatable bonds is 2. The number of nitrogens with zero attached hydrogens (tertiary/aromatic N) is 1. The van der Waals surface area contributed by atoms with Gasteiger partial charge in [-0.05, 0) is 42.0 Å². The lowest BCUT2D eigenvalue weighted by Crippen LogP contribution is -2.28. The first-order valence-electron chi connectivity index (χ1n) is 12.6. The second-order valence-electron chi connectivity index (χ2n) is 10.6. The van der Waals surface area contributed by atoms with Crippen molar-refractivity contribution in [2.45, 2.75) is 26.3 Å². The maximum absolute atomic E-state index is 13.1. The molecule has 0 fully saturated rings. The van der Waals surface area contributed by atoms with Crippen molar-refractivity contribution in [3.63, 3.8) is 0 Å². The third-order valence-electron chi connectivity index (χ3n) is 6.42. The molecule has 218 valence electrons. The van der Waals surface area contributed by atoms with E-state index < -0.39 is 15.6 Å². The Labute approximate surface area is 240 Å². The second kappa shape index (κ2) is 11.1. The van der Waals surface area contributed by atoms with Crippen LogP contribution in [0, 0.1) is 5.41 Å². The monoisotopic (exact) mass is 597 g/mol. The number of hydrogen-bond donors (Lipinski definition) is 0. The molecule has 0 saturated heterocycles. The molecule has 0 saturated carbocycles. The summed E-state index contributed by atoms with van der Waals surface area (Å²) in [6.07, 6.45) is 9.54. The van der Waals surface area contributed by atoms with Crippen LogP contribution in [0.4, 0.5) is 13.2 Å². The normalized spacial score (nSPS) is 15.7. The van der Waals surface area contributed by atoms with E-state index in [1.807, 2.05) is 58.2 Å². The van der Waals surface area contributed by atoms with E-state index in [1.54, 1.807) is 30.3 Å². The number of Topliss-reactive ketones (excluding diaryl/α,β-unsaturated/α-hetero) is 2. The van der Waals surface area contributed by atoms with Crippen LogP contribution in [0.2, 0.25) is 0 Å². The summed E-state index contributed by atoms with van der Waals surface area (Å²) in [6, 6.07) is 17.3. The molecule has 0 bridgehead atoms. The number of aryl methyl sites for hydroxylation is 1. The average molecular weight is 598 g/mol. The van der Waals surface area contributed by atoms with Gasteiger partial charge in [-0.2, -0.15) is 13.2 Å². The Kier molecular flexibility index (Phi) is 8.12. The molecule has 2 heterocycles. The van der Waals surface area contributed by atoms with Crippen molar-refractivity contribution in [3.8, 4) is 0 Å². The molecular formula is C31H26F3NO6S. The highest BCUT2D eigenvalue weighted by Gasteiger charge is 2.37. The molecule has 42 heavy (non-hydrogen) atoms. The fourth-order valence-corrected chi connectivity index (χ4v) is 4.34. The quantitative estimate of drug-likeness (QED) is 0.119. The minimum absolute atomic E-state index is 0.203. The molecule has 11 heteroatoms. The van der Waals surface area contributed by atoms with Gasteiger partial charge in [0.15, 0.2) is 27.9 Å². The van der Waals surface area contributed by atoms with E-state index >= 15 is 0 Å². The van der Waals surface area contributed by atoms with Gasteiger partial charge >= 0.3 is 5.51 Å². The van der Waals surface area contributed by atoms with Gasteiger partial charge in [-0.3, -0.25) is 9.59 Å². The standard InChI is InChI=1S/C30H26NO3.CHF3O3S/c1-30(2,3)26-17-21(27-28(32)23-10-6-7-11-24(23)29(27)33)16-22(34-26)14-13-19-15-20-9-5-8-12-25(20)31(4)18-19;2-1(3,4)8(5,6)7/h5-18H,1-4H3;(H,5,6,7)/q+1;/p-1/b14-13+;. The summed E-state index contributed by atoms with van der Waals surface area (Å²) in [4.78, 5) is 26.2. The minimum Gasteiger partial charge on any atom is -0.741 e. The highest BCUT2D eigenvalue weighted by Crippen LogP contribution is 2.37. The van der Waals surface area contributed by atoms with Crippen molar-refractivity contribution >= 4 is 38.7 Å². The highest BCUT2D eigenvalue weighted by molar-refractivity contribution is 7.86. The molecular weight excluding hydrogens is 571 g/mol. The Balaban J connectivity index is 0.000000446. The van der Waals surface area contributed by atoms with Crippen molar-refractivity contribution in [3.05, 3.63) is 118 Å². The molecule has 0 atom stereocenters. The summed E-state index contributed by atoms with van der Waals surface area (Å²) in [5, 5.41) is 1.14. The number of ketones is 2. The van der Waals surface area contributed by atoms with Crippen LogP contribution in [0.25, 0.3) is 17.0 Å². The van der Waals surface area contributed by atoms with E-state index in [1.165, 1.54) is 0 Å². The summed E-state index contributed by atoms with van der Waals surface area (Å²) in [5.74, 6) is 0.825. The van der Waals surface area contributed by atoms with Crippen molar-refractivity contribution in [2.24, 2.45) is 12.5 Å². The first-order chi connectivity index (χ1) is 19.5. The van der Waals surface area contributed by atoms with Crippen LogP contribution in [-0.2, 0) is 21.9 Å². The topological polar surface area (TPSA) is 104 Å². The Morgan fingerprint density at radius 1 is 0.881 bits per heavy atom. The van der Waals surface area contributed by atoms with Gasteiger partial charge in [0.05, 0.1) is 5.57 Å². The van der Waals surface area contributed by atoms with Crippen molar-refractivity contribution in [2.75, 3.05) is 0 Å². The molecule has 2 aliphatic rings. The molecule has 0 N–H and O–H groups in total. The van der Waals surface area contributed by atoms with Crippen molar-refractivity contribution < 1.29 is 45.0 Å². The molecule has 0 amide bonds. The van der Waals surface area contributed by atoms with Crippen molar-refractivity contribution in [1.82, 2.24) is 0 Å². The number of carbonyl (C=O) groups is 2. The number of halogens is 3. The summed E-state index contributed by atoms with van der Waals surface area (Å²) in [7, 11) is -4.07. The number of carbonyl (C=O) groups excluding carboxylic acids is 2. The van der Waals surface area contributed by atoms with Crippen LogP contribution >= 0.6 is 0 Å². The Morgan fingerprint density at radius 2 is 1.43 bits per heavy atom. The first kappa shape index (κ1) is 30.6. The van der Waals surface area contributed by atoms with E-state index in [4.69, 9.17) is 17.7 Å². The van der Waals surface area contributed by atoms with Gasteiger partial charge in [-0.25, -0.2) is 13.0 Å². The van der Waals surface area contributed by atoms with E-state index in [0.29, 0.717) is 28.2 Å². The van der Waals surface area contributed by atoms with E-state index in [2.05, 4.69) is 29.0 Å². The molecule has 3 aromatic rings. The zero-order valence-electron chi connectivity index (χ0n) is 23.0. The van der Waals surface area contributed by atoms with Gasteiger partial charge in [0.25, 0.3) is 0 Å². The second-order valence-corrected chi connectivity index (χ2v) is 12.0. The summed E-state index contributed by atoms with van der Waals surface area (Å²) < 4.78 is 67.2. The van der Waals surface area contributed by atoms with Crippen LogP contribution < -0.4 is 4.57 Å². The van der Waals surface area contributed by atoms with Gasteiger partial charge < -0.3 is 9.29 Å². The number of aromatic nitrogens is 1. The van der Waals surface area contributed by atoms with Crippen LogP contribution in [0.1, 0.15) is 47.1 Å². The molecule has 0 unspecified atom stereocenters. The first-order valence-corrected chi connectivity index (χ1v) is 14.0. The average Bonchev–Trinajstić information content (AvgIpc) is 3.16. The van der Waals surface area contributed by atoms with Gasteiger partial charge in [0, 0.05) is 33.6 Å². The van der Waals surface area contributed by atoms with E-state index in [-0.39, 0.29) is 22.6 Å². The molecule has 0 spiro atoms. The number of para-hydroxylation sites is 1. The molecule has 5 rings (SSSR count). The van der Waals surface area contributed by atoms with Crippen LogP contribution in [0.3, 0.4) is 0 Å². The zero-order valence-corrected chi connectivity index (χ0v) is 23.8. The van der Waals surface area contributed by atoms with Crippen LogP contribution in [-0.4, -0.2) is 30.0 Å². The number of fused-ring (bicyclic) bond motifs is 2. The Hall–Kier alpha value is -4.35. The maximum atomic E-state index is 13.1. The lowest BCUT2D eigenvalue weighted by atomic mass is 9.89. The summed E-state index contributed by atoms with van der Waals surface area (Å²) in [6.45, 7) is 6.14. The number of hydrogen-bond acceptors (Lipinski definition) is 6. The van der Waals surface area contributed by atoms with Gasteiger partial charge in [-0.1, -0.05) is 57.2 Å². The summed E-state index contributed by atoms with van der Waals surface area (Å²) >= 11 is 0. The molecule has 1 aliphatic carbocycles. The van der Waals surface area contributed by atoms with Crippen LogP contribution in [0.5, 0.6) is 0 Å². The maximum Gasteiger partial charge on any atom is 0.485 e. The number of benzene rings is 2. The highest BCUT2D eigenvalue weighted by atomic mass is 32.2. The summed E-state index contributed by atoms with van der Waals surface area (Å²) in [5.41, 5.74) is -2.06. The third kappa shape index (κ3) is 6.42. The molecule has 1 aromatic heterocycles. The lowest BCUT2D eigenvalue weighted by Gasteiger charge is -2.27. The fraction of sp³-hybridized carbons (Fsp3) is 0.194.